The van der Waals surface area contributed by atoms with E-state index in [0.717, 1.165) is 21.7 Å². The van der Waals surface area contributed by atoms with Crippen molar-refractivity contribution in [2.24, 2.45) is 0 Å². The van der Waals surface area contributed by atoms with Crippen molar-refractivity contribution in [3.63, 3.8) is 0 Å². The highest BCUT2D eigenvalue weighted by atomic mass is 32.2. The largest absolute Gasteiger partial charge is 0.454 e. The first-order chi connectivity index (χ1) is 14.3. The van der Waals surface area contributed by atoms with Crippen molar-refractivity contribution in [2.45, 2.75) is 0 Å². The number of sulfonamides is 1. The second-order valence-corrected chi connectivity index (χ2v) is 8.86. The van der Waals surface area contributed by atoms with Crippen LogP contribution in [-0.2, 0) is 10.0 Å². The molecule has 0 saturated carbocycles. The van der Waals surface area contributed by atoms with Gasteiger partial charge in [0.2, 0.25) is 16.8 Å². The predicted octanol–water partition coefficient (Wildman–Crippen LogP) is 3.73. The summed E-state index contributed by atoms with van der Waals surface area (Å²) in [5.41, 5.74) is 2.92. The maximum atomic E-state index is 12.9. The molecule has 3 aromatic carbocycles. The van der Waals surface area contributed by atoms with Crippen molar-refractivity contribution in [2.75, 3.05) is 29.7 Å². The van der Waals surface area contributed by atoms with Crippen molar-refractivity contribution in [3.05, 3.63) is 72.3 Å². The van der Waals surface area contributed by atoms with E-state index in [4.69, 9.17) is 9.47 Å². The minimum absolute atomic E-state index is 0.114. The minimum atomic E-state index is -3.52. The summed E-state index contributed by atoms with van der Waals surface area (Å²) < 4.78 is 36.0. The molecular weight excluding hydrogens is 404 g/mol. The number of amides is 1. The Bertz CT molecular complexity index is 1210. The van der Waals surface area contributed by atoms with Gasteiger partial charge in [0.25, 0.3) is 5.91 Å². The van der Waals surface area contributed by atoms with Crippen LogP contribution in [-0.4, -0.2) is 34.4 Å². The van der Waals surface area contributed by atoms with Crippen LogP contribution >= 0.6 is 0 Å². The molecule has 1 aliphatic rings. The Hall–Kier alpha value is -3.52. The zero-order valence-corrected chi connectivity index (χ0v) is 17.3. The Labute approximate surface area is 174 Å². The molecule has 0 saturated heterocycles. The van der Waals surface area contributed by atoms with Crippen LogP contribution in [0.4, 0.5) is 11.4 Å². The maximum absolute atomic E-state index is 12.9. The minimum Gasteiger partial charge on any atom is -0.454 e. The number of nitrogens with zero attached hydrogens (tertiary/aromatic N) is 1. The third kappa shape index (κ3) is 3.95. The Balaban J connectivity index is 1.72. The molecule has 1 N–H and O–H groups in total. The third-order valence-electron chi connectivity index (χ3n) is 4.82. The quantitative estimate of drug-likeness (QED) is 0.675. The maximum Gasteiger partial charge on any atom is 0.255 e. The molecule has 7 nitrogen and oxygen atoms in total. The van der Waals surface area contributed by atoms with E-state index >= 15 is 0 Å². The zero-order valence-electron chi connectivity index (χ0n) is 16.5. The molecule has 0 unspecified atom stereocenters. The highest BCUT2D eigenvalue weighted by Crippen LogP contribution is 2.35. The number of ether oxygens (including phenoxy) is 2. The van der Waals surface area contributed by atoms with E-state index in [1.165, 1.54) is 7.05 Å². The van der Waals surface area contributed by atoms with E-state index in [0.29, 0.717) is 28.4 Å². The summed E-state index contributed by atoms with van der Waals surface area (Å²) in [6.45, 7) is 0.114. The Morgan fingerprint density at radius 1 is 0.933 bits per heavy atom. The van der Waals surface area contributed by atoms with Gasteiger partial charge in [0.15, 0.2) is 11.5 Å². The molecule has 1 aliphatic heterocycles. The van der Waals surface area contributed by atoms with E-state index in [-0.39, 0.29) is 12.7 Å². The normalized spacial score (nSPS) is 12.5. The monoisotopic (exact) mass is 424 g/mol. The second-order valence-electron chi connectivity index (χ2n) is 6.85. The first-order valence-corrected chi connectivity index (χ1v) is 11.0. The lowest BCUT2D eigenvalue weighted by Gasteiger charge is -2.21. The Morgan fingerprint density at radius 2 is 1.67 bits per heavy atom. The van der Waals surface area contributed by atoms with Gasteiger partial charge in [-0.3, -0.25) is 9.10 Å². The summed E-state index contributed by atoms with van der Waals surface area (Å²) in [5, 5.41) is 2.84. The molecule has 0 aliphatic carbocycles. The number of rotatable bonds is 5. The summed E-state index contributed by atoms with van der Waals surface area (Å²) >= 11 is 0. The van der Waals surface area contributed by atoms with Crippen LogP contribution in [0.1, 0.15) is 10.4 Å². The van der Waals surface area contributed by atoms with E-state index < -0.39 is 10.0 Å². The van der Waals surface area contributed by atoms with Gasteiger partial charge in [0.05, 0.1) is 17.6 Å². The van der Waals surface area contributed by atoms with Crippen LogP contribution in [0.2, 0.25) is 0 Å². The predicted molar refractivity (Wildman–Crippen MR) is 116 cm³/mol. The molecule has 3 aromatic rings. The Kier molecular flexibility index (Phi) is 5.09. The molecule has 8 heteroatoms. The first kappa shape index (κ1) is 19.8. The molecule has 1 amide bonds. The zero-order chi connectivity index (χ0) is 21.3. The fraction of sp³-hybridized carbons (Fsp3) is 0.136. The second kappa shape index (κ2) is 7.72. The van der Waals surface area contributed by atoms with Crippen LogP contribution in [0.3, 0.4) is 0 Å². The van der Waals surface area contributed by atoms with E-state index in [1.54, 1.807) is 30.3 Å². The summed E-state index contributed by atoms with van der Waals surface area (Å²) in [4.78, 5) is 12.9. The molecule has 0 bridgehead atoms. The molecule has 0 aromatic heterocycles. The number of hydrogen-bond donors (Lipinski definition) is 1. The van der Waals surface area contributed by atoms with Crippen LogP contribution in [0.5, 0.6) is 11.5 Å². The number of nitrogens with one attached hydrogen (secondary N) is 1. The summed E-state index contributed by atoms with van der Waals surface area (Å²) in [7, 11) is -2.07. The van der Waals surface area contributed by atoms with E-state index in [9.17, 15) is 13.2 Å². The van der Waals surface area contributed by atoms with Gasteiger partial charge in [-0.05, 0) is 41.5 Å². The van der Waals surface area contributed by atoms with Crippen LogP contribution < -0.4 is 19.1 Å². The molecule has 1 heterocycles. The molecule has 0 atom stereocenters. The van der Waals surface area contributed by atoms with E-state index in [1.807, 2.05) is 36.4 Å². The fourth-order valence-electron chi connectivity index (χ4n) is 3.13. The third-order valence-corrected chi connectivity index (χ3v) is 6.01. The molecule has 0 radical (unpaired) electrons. The molecular formula is C22H20N2O5S. The lowest BCUT2D eigenvalue weighted by molar-refractivity contribution is 0.102. The number of fused-ring (bicyclic) bond motifs is 1. The van der Waals surface area contributed by atoms with Crippen molar-refractivity contribution in [1.82, 2.24) is 0 Å². The van der Waals surface area contributed by atoms with Crippen molar-refractivity contribution in [1.29, 1.82) is 0 Å². The highest BCUT2D eigenvalue weighted by Gasteiger charge is 2.20. The molecule has 0 fully saturated rings. The number of hydrogen-bond acceptors (Lipinski definition) is 5. The Morgan fingerprint density at radius 3 is 2.40 bits per heavy atom. The number of carbonyl (C=O) groups is 1. The average molecular weight is 424 g/mol. The molecule has 0 spiro atoms. The lowest BCUT2D eigenvalue weighted by atomic mass is 10.0. The summed E-state index contributed by atoms with van der Waals surface area (Å²) in [5.74, 6) is 0.686. The van der Waals surface area contributed by atoms with Gasteiger partial charge in [0.1, 0.15) is 0 Å². The van der Waals surface area contributed by atoms with Gasteiger partial charge in [-0.1, -0.05) is 36.4 Å². The van der Waals surface area contributed by atoms with Gasteiger partial charge in [-0.15, -0.1) is 0 Å². The van der Waals surface area contributed by atoms with Gasteiger partial charge in [0, 0.05) is 12.6 Å². The van der Waals surface area contributed by atoms with Crippen molar-refractivity contribution in [3.8, 4) is 22.6 Å². The standard InChI is InChI=1S/C22H20N2O5S/c1-24(30(2,26)27)19-10-8-16(15-6-4-3-5-7-15)12-18(19)23-22(25)17-9-11-20-21(13-17)29-14-28-20/h3-13H,14H2,1-2H3,(H,23,25). The van der Waals surface area contributed by atoms with Gasteiger partial charge in [-0.2, -0.15) is 0 Å². The van der Waals surface area contributed by atoms with Gasteiger partial charge in [-0.25, -0.2) is 8.42 Å². The first-order valence-electron chi connectivity index (χ1n) is 9.17. The fourth-order valence-corrected chi connectivity index (χ4v) is 3.65. The smallest absolute Gasteiger partial charge is 0.255 e. The van der Waals surface area contributed by atoms with E-state index in [2.05, 4.69) is 5.32 Å². The van der Waals surface area contributed by atoms with Crippen LogP contribution in [0.25, 0.3) is 11.1 Å². The molecule has 30 heavy (non-hydrogen) atoms. The van der Waals surface area contributed by atoms with Crippen molar-refractivity contribution < 1.29 is 22.7 Å². The summed E-state index contributed by atoms with van der Waals surface area (Å²) in [6.07, 6.45) is 1.11. The van der Waals surface area contributed by atoms with Crippen LogP contribution in [0.15, 0.2) is 66.7 Å². The number of anilines is 2. The SMILES string of the molecule is CN(c1ccc(-c2ccccc2)cc1NC(=O)c1ccc2c(c1)OCO2)S(C)(=O)=O. The van der Waals surface area contributed by atoms with Gasteiger partial charge < -0.3 is 14.8 Å². The number of benzene rings is 3. The van der Waals surface area contributed by atoms with Crippen molar-refractivity contribution >= 4 is 27.3 Å². The lowest BCUT2D eigenvalue weighted by Crippen LogP contribution is -2.26. The highest BCUT2D eigenvalue weighted by molar-refractivity contribution is 7.92. The van der Waals surface area contributed by atoms with Gasteiger partial charge >= 0.3 is 0 Å². The number of carbonyl (C=O) groups excluding carboxylic acids is 1. The topological polar surface area (TPSA) is 84.9 Å². The molecule has 154 valence electrons. The molecule has 4 rings (SSSR count). The van der Waals surface area contributed by atoms with Crippen LogP contribution in [0, 0.1) is 0 Å². The average Bonchev–Trinajstić information content (AvgIpc) is 3.21. The summed E-state index contributed by atoms with van der Waals surface area (Å²) in [6, 6.07) is 19.8.